The van der Waals surface area contributed by atoms with Crippen molar-refractivity contribution in [3.8, 4) is 12.1 Å². The number of fused-ring (bicyclic) bond motifs is 1. The third-order valence-corrected chi connectivity index (χ3v) is 7.43. The van der Waals surface area contributed by atoms with Crippen molar-refractivity contribution in [1.82, 2.24) is 21.0 Å². The average molecular weight is 561 g/mol. The summed E-state index contributed by atoms with van der Waals surface area (Å²) in [5.74, 6) is 0. The number of nitriles is 2. The molecule has 1 aromatic heterocycles. The van der Waals surface area contributed by atoms with Crippen LogP contribution in [0.4, 0.5) is 24.5 Å². The maximum absolute atomic E-state index is 13.9. The number of hydrogen-bond acceptors (Lipinski definition) is 8. The molecule has 1 fully saturated rings. The molecule has 8 nitrogen and oxygen atoms in total. The van der Waals surface area contributed by atoms with Gasteiger partial charge in [-0.25, -0.2) is 0 Å². The Hall–Kier alpha value is -4.48. The summed E-state index contributed by atoms with van der Waals surface area (Å²) in [5, 5.41) is 28.3. The second kappa shape index (κ2) is 10.2. The van der Waals surface area contributed by atoms with E-state index in [1.807, 2.05) is 37.3 Å². The fourth-order valence-electron chi connectivity index (χ4n) is 4.99. The molecule has 5 rings (SSSR count). The first kappa shape index (κ1) is 28.1. The van der Waals surface area contributed by atoms with Crippen LogP contribution >= 0.6 is 0 Å². The summed E-state index contributed by atoms with van der Waals surface area (Å²) in [6.45, 7) is 8.72. The van der Waals surface area contributed by atoms with Gasteiger partial charge in [0.1, 0.15) is 12.1 Å². The summed E-state index contributed by atoms with van der Waals surface area (Å²) < 4.78 is 41.6. The number of nitrogens with zero attached hydrogens (tertiary/aromatic N) is 4. The molecular weight excluding hydrogens is 529 g/mol. The predicted molar refractivity (Wildman–Crippen MR) is 151 cm³/mol. The van der Waals surface area contributed by atoms with E-state index in [0.29, 0.717) is 45.6 Å². The van der Waals surface area contributed by atoms with Crippen molar-refractivity contribution in [1.29, 1.82) is 10.5 Å². The van der Waals surface area contributed by atoms with Gasteiger partial charge in [-0.15, -0.1) is 5.53 Å². The van der Waals surface area contributed by atoms with Gasteiger partial charge in [-0.05, 0) is 48.4 Å². The number of nitrogens with one attached hydrogen (secondary N) is 4. The van der Waals surface area contributed by atoms with Crippen LogP contribution in [0.2, 0.25) is 0 Å². The summed E-state index contributed by atoms with van der Waals surface area (Å²) in [4.78, 5) is 4.41. The van der Waals surface area contributed by atoms with Crippen LogP contribution in [0.3, 0.4) is 0 Å². The van der Waals surface area contributed by atoms with E-state index in [2.05, 4.69) is 59.5 Å². The van der Waals surface area contributed by atoms with E-state index in [-0.39, 0.29) is 18.3 Å². The Kier molecular flexibility index (Phi) is 6.96. The monoisotopic (exact) mass is 560 g/mol. The summed E-state index contributed by atoms with van der Waals surface area (Å²) in [5.41, 5.74) is 8.12. The van der Waals surface area contributed by atoms with E-state index in [9.17, 15) is 23.7 Å². The smallest absolute Gasteiger partial charge is 0.383 e. The van der Waals surface area contributed by atoms with E-state index >= 15 is 0 Å². The Bertz CT molecular complexity index is 1600. The lowest BCUT2D eigenvalue weighted by Gasteiger charge is -2.28. The van der Waals surface area contributed by atoms with Gasteiger partial charge in [0.25, 0.3) is 0 Å². The normalized spacial score (nSPS) is 16.8. The minimum atomic E-state index is -4.39. The number of aryl methyl sites for hydroxylation is 1. The highest BCUT2D eigenvalue weighted by Gasteiger charge is 2.67. The Morgan fingerprint density at radius 1 is 1.10 bits per heavy atom. The molecule has 0 unspecified atom stereocenters. The number of hydrazine groups is 2. The third-order valence-electron chi connectivity index (χ3n) is 7.43. The lowest BCUT2D eigenvalue weighted by atomic mass is 9.96. The van der Waals surface area contributed by atoms with Crippen LogP contribution in [0.1, 0.15) is 61.9 Å². The summed E-state index contributed by atoms with van der Waals surface area (Å²) >= 11 is 0. The van der Waals surface area contributed by atoms with Crippen molar-refractivity contribution in [2.75, 3.05) is 17.2 Å². The van der Waals surface area contributed by atoms with Crippen LogP contribution in [-0.2, 0) is 0 Å². The first-order chi connectivity index (χ1) is 19.4. The van der Waals surface area contributed by atoms with Crippen LogP contribution in [0.25, 0.3) is 10.9 Å². The molecule has 212 valence electrons. The number of pyridine rings is 1. The molecule has 2 heterocycles. The molecule has 3 aromatic rings. The van der Waals surface area contributed by atoms with Gasteiger partial charge in [0.15, 0.2) is 5.54 Å². The molecule has 1 saturated carbocycles. The van der Waals surface area contributed by atoms with Crippen LogP contribution in [-0.4, -0.2) is 28.3 Å². The van der Waals surface area contributed by atoms with Gasteiger partial charge in [-0.2, -0.15) is 23.7 Å². The fraction of sp³-hybridized carbons (Fsp3) is 0.367. The summed E-state index contributed by atoms with van der Waals surface area (Å²) in [7, 11) is 0. The minimum Gasteiger partial charge on any atom is -0.383 e. The molecule has 2 aromatic carbocycles. The Balaban J connectivity index is 1.60. The lowest BCUT2D eigenvalue weighted by molar-refractivity contribution is -0.195. The molecule has 11 heteroatoms. The highest BCUT2D eigenvalue weighted by molar-refractivity contribution is 5.99. The zero-order chi connectivity index (χ0) is 29.6. The summed E-state index contributed by atoms with van der Waals surface area (Å²) in [6.07, 6.45) is -1.46. The Labute approximate surface area is 236 Å². The van der Waals surface area contributed by atoms with E-state index < -0.39 is 17.8 Å². The number of rotatable bonds is 7. The SMILES string of the molecule is Cc1ccccc1[C@H](Nc1cc(C#N)c2ncc(C#N)c(NCC(C)(C)C)c2c1)C1=CN(C2(C(F)(F)F)CC2)NN1. The number of halogens is 3. The highest BCUT2D eigenvalue weighted by atomic mass is 19.4. The molecule has 0 spiro atoms. The molecule has 1 atom stereocenters. The highest BCUT2D eigenvalue weighted by Crippen LogP contribution is 2.53. The lowest BCUT2D eigenvalue weighted by Crippen LogP contribution is -2.52. The maximum Gasteiger partial charge on any atom is 0.413 e. The van der Waals surface area contributed by atoms with Gasteiger partial charge >= 0.3 is 6.18 Å². The second-order valence-electron chi connectivity index (χ2n) is 11.8. The number of aromatic nitrogens is 1. The topological polar surface area (TPSA) is 112 Å². The quantitative estimate of drug-likeness (QED) is 0.272. The van der Waals surface area contributed by atoms with Gasteiger partial charge < -0.3 is 16.1 Å². The fourth-order valence-corrected chi connectivity index (χ4v) is 4.99. The van der Waals surface area contributed by atoms with Gasteiger partial charge in [0, 0.05) is 30.0 Å². The molecule has 0 amide bonds. The largest absolute Gasteiger partial charge is 0.413 e. The van der Waals surface area contributed by atoms with Crippen molar-refractivity contribution in [2.24, 2.45) is 5.41 Å². The standard InChI is InChI=1S/C30H31F3N8/c1-18-7-5-6-8-22(18)27(24-16-41(40-39-24)29(9-10-29)30(31,32)33)38-21-11-19(13-34)25-23(12-21)26(20(14-35)15-36-25)37-17-28(2,3)4/h5-8,11-12,15-16,27,38-40H,9-10,17H2,1-4H3,(H,36,37)/t27-/m0/s1. The van der Waals surface area contributed by atoms with Crippen LogP contribution < -0.4 is 21.6 Å². The van der Waals surface area contributed by atoms with E-state index in [1.54, 1.807) is 6.07 Å². The number of alkyl halides is 3. The van der Waals surface area contributed by atoms with Crippen molar-refractivity contribution < 1.29 is 13.2 Å². The number of anilines is 2. The Morgan fingerprint density at radius 3 is 2.41 bits per heavy atom. The molecule has 0 saturated heterocycles. The number of hydrogen-bond donors (Lipinski definition) is 4. The van der Waals surface area contributed by atoms with Crippen LogP contribution in [0.15, 0.2) is 54.5 Å². The zero-order valence-electron chi connectivity index (χ0n) is 23.2. The second-order valence-corrected chi connectivity index (χ2v) is 11.8. The maximum atomic E-state index is 13.9. The average Bonchev–Trinajstić information content (AvgIpc) is 3.61. The number of benzene rings is 2. The van der Waals surface area contributed by atoms with E-state index in [4.69, 9.17) is 0 Å². The van der Waals surface area contributed by atoms with E-state index in [0.717, 1.165) is 16.1 Å². The van der Waals surface area contributed by atoms with Crippen molar-refractivity contribution >= 4 is 22.3 Å². The predicted octanol–water partition coefficient (Wildman–Crippen LogP) is 6.16. The molecule has 41 heavy (non-hydrogen) atoms. The first-order valence-corrected chi connectivity index (χ1v) is 13.3. The van der Waals surface area contributed by atoms with Gasteiger partial charge in [0.2, 0.25) is 0 Å². The molecule has 1 aliphatic heterocycles. The molecule has 4 N–H and O–H groups in total. The zero-order valence-corrected chi connectivity index (χ0v) is 23.2. The van der Waals surface area contributed by atoms with Crippen molar-refractivity contribution in [3.63, 3.8) is 0 Å². The molecular formula is C30H31F3N8. The minimum absolute atomic E-state index is 0.00614. The third kappa shape index (κ3) is 5.33. The Morgan fingerprint density at radius 2 is 1.80 bits per heavy atom. The van der Waals surface area contributed by atoms with Gasteiger partial charge in [0.05, 0.1) is 34.1 Å². The summed E-state index contributed by atoms with van der Waals surface area (Å²) in [6, 6.07) is 14.9. The van der Waals surface area contributed by atoms with Gasteiger partial charge in [-0.1, -0.05) is 45.0 Å². The van der Waals surface area contributed by atoms with Crippen molar-refractivity contribution in [2.45, 2.75) is 58.3 Å². The molecule has 1 aliphatic carbocycles. The van der Waals surface area contributed by atoms with Crippen molar-refractivity contribution in [3.05, 3.63) is 76.7 Å². The van der Waals surface area contributed by atoms with E-state index in [1.165, 1.54) is 12.4 Å². The van der Waals surface area contributed by atoms with Crippen LogP contribution in [0.5, 0.6) is 0 Å². The first-order valence-electron chi connectivity index (χ1n) is 13.3. The molecule has 0 radical (unpaired) electrons. The van der Waals surface area contributed by atoms with Gasteiger partial charge in [-0.3, -0.25) is 9.99 Å². The molecule has 0 bridgehead atoms. The molecule has 2 aliphatic rings. The van der Waals surface area contributed by atoms with Crippen LogP contribution in [0, 0.1) is 35.0 Å².